The van der Waals surface area contributed by atoms with Gasteiger partial charge in [0.1, 0.15) is 17.8 Å². The number of hydrogen-bond acceptors (Lipinski definition) is 9. The van der Waals surface area contributed by atoms with Gasteiger partial charge < -0.3 is 35.3 Å². The number of aliphatic hydroxyl groups excluding tert-OH is 1. The van der Waals surface area contributed by atoms with Gasteiger partial charge in [-0.3, -0.25) is 15.0 Å². The van der Waals surface area contributed by atoms with Crippen LogP contribution in [0.5, 0.6) is 5.75 Å². The maximum absolute atomic E-state index is 13.5. The van der Waals surface area contributed by atoms with Gasteiger partial charge in [-0.15, -0.1) is 0 Å². The third-order valence-corrected chi connectivity index (χ3v) is 8.48. The van der Waals surface area contributed by atoms with Crippen molar-refractivity contribution in [2.75, 3.05) is 27.4 Å². The Balaban J connectivity index is 2.36. The molecule has 1 fully saturated rings. The molecule has 2 rings (SSSR count). The Kier molecular flexibility index (Phi) is 17.5. The van der Waals surface area contributed by atoms with Crippen LogP contribution >= 0.6 is 0 Å². The molecule has 13 heteroatoms. The largest absolute Gasteiger partial charge is 0.493 e. The fraction of sp³-hybridized carbons (Fsp3) is 0.714. The molecule has 0 heterocycles. The average molecular weight is 678 g/mol. The van der Waals surface area contributed by atoms with Crippen LogP contribution in [0, 0.1) is 23.7 Å². The van der Waals surface area contributed by atoms with E-state index in [9.17, 15) is 24.3 Å². The molecule has 1 aliphatic carbocycles. The summed E-state index contributed by atoms with van der Waals surface area (Å²) in [5.41, 5.74) is 3.74. The maximum Gasteiger partial charge on any atom is 0.407 e. The van der Waals surface area contributed by atoms with Crippen LogP contribution in [0.15, 0.2) is 24.3 Å². The second kappa shape index (κ2) is 20.7. The normalized spacial score (nSPS) is 16.2. The Hall–Kier alpha value is -3.58. The summed E-state index contributed by atoms with van der Waals surface area (Å²) in [4.78, 5) is 51.1. The van der Waals surface area contributed by atoms with Gasteiger partial charge in [-0.2, -0.15) is 0 Å². The molecule has 4 amide bonds. The summed E-state index contributed by atoms with van der Waals surface area (Å²) in [7, 11) is 2.47. The summed E-state index contributed by atoms with van der Waals surface area (Å²) in [6, 6.07) is 5.05. The number of hydrazine groups is 1. The lowest BCUT2D eigenvalue weighted by Crippen LogP contribution is -2.59. The molecule has 0 spiro atoms. The van der Waals surface area contributed by atoms with Crippen molar-refractivity contribution in [3.05, 3.63) is 29.8 Å². The summed E-state index contributed by atoms with van der Waals surface area (Å²) < 4.78 is 15.3. The molecule has 48 heavy (non-hydrogen) atoms. The quantitative estimate of drug-likeness (QED) is 0.144. The van der Waals surface area contributed by atoms with Gasteiger partial charge in [0.2, 0.25) is 5.91 Å². The van der Waals surface area contributed by atoms with E-state index in [-0.39, 0.29) is 24.9 Å². The molecule has 272 valence electrons. The number of methoxy groups -OCH3 is 2. The van der Waals surface area contributed by atoms with E-state index >= 15 is 0 Å². The van der Waals surface area contributed by atoms with Gasteiger partial charge in [-0.25, -0.2) is 14.6 Å². The molecule has 1 aliphatic rings. The fourth-order valence-electron chi connectivity index (χ4n) is 5.71. The fourth-order valence-corrected chi connectivity index (χ4v) is 5.71. The summed E-state index contributed by atoms with van der Waals surface area (Å²) in [6.45, 7) is 12.2. The lowest BCUT2D eigenvalue weighted by molar-refractivity contribution is -0.131. The number of amides is 4. The van der Waals surface area contributed by atoms with Crippen molar-refractivity contribution < 1.29 is 38.5 Å². The van der Waals surface area contributed by atoms with Crippen molar-refractivity contribution in [2.24, 2.45) is 23.7 Å². The Morgan fingerprint density at radius 2 is 1.35 bits per heavy atom. The molecular weight excluding hydrogens is 618 g/mol. The molecule has 0 bridgehead atoms. The van der Waals surface area contributed by atoms with Gasteiger partial charge in [-0.05, 0) is 47.8 Å². The summed E-state index contributed by atoms with van der Waals surface area (Å²) in [6.07, 6.45) is 3.31. The van der Waals surface area contributed by atoms with E-state index in [1.165, 1.54) is 14.2 Å². The molecule has 13 nitrogen and oxygen atoms in total. The predicted molar refractivity (Wildman–Crippen MR) is 183 cm³/mol. The van der Waals surface area contributed by atoms with Crippen molar-refractivity contribution in [3.8, 4) is 5.75 Å². The molecule has 1 aromatic carbocycles. The third-order valence-electron chi connectivity index (χ3n) is 8.48. The van der Waals surface area contributed by atoms with Gasteiger partial charge in [-0.1, -0.05) is 85.8 Å². The molecule has 2 unspecified atom stereocenters. The van der Waals surface area contributed by atoms with E-state index in [0.29, 0.717) is 24.9 Å². The molecule has 0 aromatic heterocycles. The molecular formula is C35H59N5O8. The molecule has 0 saturated heterocycles. The molecule has 0 radical (unpaired) electrons. The molecule has 1 saturated carbocycles. The summed E-state index contributed by atoms with van der Waals surface area (Å²) >= 11 is 0. The smallest absolute Gasteiger partial charge is 0.407 e. The predicted octanol–water partition coefficient (Wildman–Crippen LogP) is 4.13. The monoisotopic (exact) mass is 677 g/mol. The Morgan fingerprint density at radius 3 is 1.85 bits per heavy atom. The van der Waals surface area contributed by atoms with Crippen molar-refractivity contribution in [1.29, 1.82) is 0 Å². The number of rotatable bonds is 18. The van der Waals surface area contributed by atoms with E-state index in [1.54, 1.807) is 18.9 Å². The number of benzene rings is 1. The van der Waals surface area contributed by atoms with Crippen molar-refractivity contribution in [1.82, 2.24) is 26.4 Å². The SMILES string of the molecule is COC(=O)N[C@H](C(=O)NC(CC1CCCCC1)C(O)CN(Cc1ccc(OCC(C)C)cc1)NC(=O)[C@@H](NC(=O)OC)C(C)C)C(C)C. The zero-order valence-corrected chi connectivity index (χ0v) is 30.0. The minimum atomic E-state index is -1.10. The number of aliphatic hydroxyl groups is 1. The van der Waals surface area contributed by atoms with E-state index in [2.05, 4.69) is 35.2 Å². The highest BCUT2D eigenvalue weighted by Crippen LogP contribution is 2.28. The molecule has 1 aromatic rings. The number of nitrogens with one attached hydrogen (secondary N) is 4. The van der Waals surface area contributed by atoms with Crippen LogP contribution < -0.4 is 26.1 Å². The summed E-state index contributed by atoms with van der Waals surface area (Å²) in [5.74, 6) is -0.00325. The van der Waals surface area contributed by atoms with Gasteiger partial charge in [0.25, 0.3) is 5.91 Å². The van der Waals surface area contributed by atoms with E-state index in [0.717, 1.165) is 43.4 Å². The van der Waals surface area contributed by atoms with Gasteiger partial charge in [0.15, 0.2) is 0 Å². The number of hydrogen-bond donors (Lipinski definition) is 5. The highest BCUT2D eigenvalue weighted by atomic mass is 16.5. The topological polar surface area (TPSA) is 168 Å². The number of carbonyl (C=O) groups is 4. The lowest BCUT2D eigenvalue weighted by Gasteiger charge is -2.35. The van der Waals surface area contributed by atoms with E-state index in [4.69, 9.17) is 14.2 Å². The number of carbonyl (C=O) groups excluding carboxylic acids is 4. The van der Waals surface area contributed by atoms with Gasteiger partial charge >= 0.3 is 12.2 Å². The van der Waals surface area contributed by atoms with Gasteiger partial charge in [0, 0.05) is 13.1 Å². The molecule has 4 atom stereocenters. The van der Waals surface area contributed by atoms with Crippen LogP contribution in [0.3, 0.4) is 0 Å². The van der Waals surface area contributed by atoms with Gasteiger partial charge in [0.05, 0.1) is 33.0 Å². The van der Waals surface area contributed by atoms with Crippen molar-refractivity contribution in [2.45, 2.75) is 111 Å². The third kappa shape index (κ3) is 14.3. The standard InChI is InChI=1S/C35H59N5O8/c1-22(2)21-48-27-16-14-26(15-17-27)19-40(39-33(43)31(24(5)6)38-35(45)47-8)20-29(41)28(18-25-12-10-9-11-13-25)36-32(42)30(23(3)4)37-34(44)46-7/h14-17,22-25,28-31,41H,9-13,18-21H2,1-8H3,(H,36,42)(H,37,44)(H,38,45)(H,39,43)/t28?,29?,30-,31-/m0/s1. The van der Waals surface area contributed by atoms with Crippen LogP contribution in [0.2, 0.25) is 0 Å². The van der Waals surface area contributed by atoms with Crippen LogP contribution in [0.25, 0.3) is 0 Å². The second-order valence-electron chi connectivity index (χ2n) is 13.8. The number of alkyl carbamates (subject to hydrolysis) is 2. The maximum atomic E-state index is 13.5. The van der Waals surface area contributed by atoms with Crippen LogP contribution in [0.1, 0.15) is 85.6 Å². The molecule has 0 aliphatic heterocycles. The number of ether oxygens (including phenoxy) is 3. The Morgan fingerprint density at radius 1 is 0.812 bits per heavy atom. The first kappa shape index (κ1) is 40.6. The summed E-state index contributed by atoms with van der Waals surface area (Å²) in [5, 5.41) is 21.6. The van der Waals surface area contributed by atoms with Crippen molar-refractivity contribution >= 4 is 24.0 Å². The van der Waals surface area contributed by atoms with E-state index < -0.39 is 48.2 Å². The highest BCUT2D eigenvalue weighted by molar-refractivity contribution is 5.86. The second-order valence-corrected chi connectivity index (χ2v) is 13.8. The van der Waals surface area contributed by atoms with Crippen LogP contribution in [0.4, 0.5) is 9.59 Å². The Bertz CT molecular complexity index is 1140. The zero-order valence-electron chi connectivity index (χ0n) is 30.0. The lowest BCUT2D eigenvalue weighted by atomic mass is 9.83. The first-order valence-corrected chi connectivity index (χ1v) is 17.2. The molecule has 5 N–H and O–H groups in total. The average Bonchev–Trinajstić information content (AvgIpc) is 3.04. The zero-order chi connectivity index (χ0) is 35.8. The first-order valence-electron chi connectivity index (χ1n) is 17.2. The van der Waals surface area contributed by atoms with E-state index in [1.807, 2.05) is 38.1 Å². The highest BCUT2D eigenvalue weighted by Gasteiger charge is 2.33. The minimum absolute atomic E-state index is 0.0329. The van der Waals surface area contributed by atoms with Crippen LogP contribution in [-0.4, -0.2) is 85.7 Å². The first-order chi connectivity index (χ1) is 22.7. The number of nitrogens with zero attached hydrogens (tertiary/aromatic N) is 1. The van der Waals surface area contributed by atoms with Crippen molar-refractivity contribution in [3.63, 3.8) is 0 Å². The minimum Gasteiger partial charge on any atom is -0.493 e. The van der Waals surface area contributed by atoms with Crippen LogP contribution in [-0.2, 0) is 25.6 Å². The Labute approximate surface area is 286 Å².